The van der Waals surface area contributed by atoms with Crippen LogP contribution in [-0.2, 0) is 0 Å². The molecular weight excluding hydrogens is 366 g/mol. The van der Waals surface area contributed by atoms with Gasteiger partial charge in [0.1, 0.15) is 0 Å². The minimum atomic E-state index is -0.873. The maximum absolute atomic E-state index is 11.7. The number of aromatic nitrogens is 2. The molecule has 0 saturated carbocycles. The van der Waals surface area contributed by atoms with E-state index in [1.54, 1.807) is 42.3 Å². The third-order valence-corrected chi connectivity index (χ3v) is 4.48. The number of rotatable bonds is 5. The number of nitrogens with zero attached hydrogens (tertiary/aromatic N) is 4. The highest BCUT2D eigenvalue weighted by Crippen LogP contribution is 2.39. The molecule has 0 amide bonds. The molecule has 2 aromatic rings. The van der Waals surface area contributed by atoms with Crippen LogP contribution in [0.3, 0.4) is 0 Å². The van der Waals surface area contributed by atoms with Crippen molar-refractivity contribution in [1.82, 2.24) is 9.97 Å². The first kappa shape index (κ1) is 17.7. The summed E-state index contributed by atoms with van der Waals surface area (Å²) in [6, 6.07) is 6.78. The van der Waals surface area contributed by atoms with Crippen molar-refractivity contribution in [3.05, 3.63) is 39.4 Å². The van der Waals surface area contributed by atoms with Crippen molar-refractivity contribution in [1.29, 1.82) is 0 Å². The van der Waals surface area contributed by atoms with Gasteiger partial charge in [0.15, 0.2) is 5.16 Å². The highest BCUT2D eigenvalue weighted by Gasteiger charge is 2.41. The minimum absolute atomic E-state index is 0.105. The van der Waals surface area contributed by atoms with Gasteiger partial charge in [0, 0.05) is 23.8 Å². The summed E-state index contributed by atoms with van der Waals surface area (Å²) in [6.45, 7) is 2.23. The van der Waals surface area contributed by atoms with Crippen molar-refractivity contribution in [3.8, 4) is 0 Å². The molecule has 1 fully saturated rings. The Balaban J connectivity index is 2.03. The van der Waals surface area contributed by atoms with Crippen LogP contribution in [0.1, 0.15) is 6.92 Å². The van der Waals surface area contributed by atoms with Crippen LogP contribution in [0.25, 0.3) is 0 Å². The van der Waals surface area contributed by atoms with Gasteiger partial charge in [0.25, 0.3) is 0 Å². The number of nitro groups is 1. The SMILES string of the molecule is CSc1nc(Nc2ccc(Cl)cc2)c([N+](=O)[O-])c(N2CC(C)(O)C2)n1. The highest BCUT2D eigenvalue weighted by atomic mass is 35.5. The van der Waals surface area contributed by atoms with E-state index >= 15 is 0 Å². The molecule has 0 bridgehead atoms. The van der Waals surface area contributed by atoms with Gasteiger partial charge in [0.2, 0.25) is 11.6 Å². The first-order valence-electron chi connectivity index (χ1n) is 7.39. The molecule has 0 radical (unpaired) electrons. The Bertz CT molecular complexity index is 808. The van der Waals surface area contributed by atoms with E-state index < -0.39 is 10.5 Å². The monoisotopic (exact) mass is 381 g/mol. The van der Waals surface area contributed by atoms with Gasteiger partial charge in [-0.3, -0.25) is 10.1 Å². The number of nitrogens with one attached hydrogen (secondary N) is 1. The van der Waals surface area contributed by atoms with Gasteiger partial charge < -0.3 is 15.3 Å². The lowest BCUT2D eigenvalue weighted by atomic mass is 9.97. The third-order valence-electron chi connectivity index (χ3n) is 3.68. The lowest BCUT2D eigenvalue weighted by Gasteiger charge is -2.44. The molecule has 0 aliphatic carbocycles. The smallest absolute Gasteiger partial charge is 0.353 e. The Morgan fingerprint density at radius 1 is 1.36 bits per heavy atom. The van der Waals surface area contributed by atoms with Crippen LogP contribution in [0.4, 0.5) is 23.0 Å². The molecule has 0 spiro atoms. The number of anilines is 3. The van der Waals surface area contributed by atoms with Crippen molar-refractivity contribution in [2.45, 2.75) is 17.7 Å². The van der Waals surface area contributed by atoms with Gasteiger partial charge in [-0.15, -0.1) is 0 Å². The molecule has 0 atom stereocenters. The Hall–Kier alpha value is -2.10. The molecule has 1 saturated heterocycles. The fourth-order valence-corrected chi connectivity index (χ4v) is 3.07. The number of hydrogen-bond acceptors (Lipinski definition) is 8. The number of β-amino-alcohol motifs (C(OH)–C–C–N with tert-alkyl or cyclic N) is 1. The molecule has 0 unspecified atom stereocenters. The fourth-order valence-electron chi connectivity index (χ4n) is 2.59. The number of thioether (sulfide) groups is 1. The molecule has 1 aromatic heterocycles. The molecule has 132 valence electrons. The van der Waals surface area contributed by atoms with Crippen LogP contribution in [0.5, 0.6) is 0 Å². The van der Waals surface area contributed by atoms with Gasteiger partial charge in [-0.1, -0.05) is 23.4 Å². The molecule has 2 N–H and O–H groups in total. The van der Waals surface area contributed by atoms with Gasteiger partial charge in [-0.05, 0) is 37.4 Å². The van der Waals surface area contributed by atoms with Crippen LogP contribution < -0.4 is 10.2 Å². The Labute approximate surface area is 153 Å². The third kappa shape index (κ3) is 3.78. The van der Waals surface area contributed by atoms with E-state index in [4.69, 9.17) is 11.6 Å². The van der Waals surface area contributed by atoms with Gasteiger partial charge in [0.05, 0.1) is 10.5 Å². The molecule has 8 nitrogen and oxygen atoms in total. The molecule has 1 aliphatic heterocycles. The van der Waals surface area contributed by atoms with Gasteiger partial charge in [-0.2, -0.15) is 9.97 Å². The molecule has 10 heteroatoms. The Morgan fingerprint density at radius 3 is 2.52 bits per heavy atom. The van der Waals surface area contributed by atoms with E-state index in [9.17, 15) is 15.2 Å². The standard InChI is InChI=1S/C15H16ClN5O3S/c1-15(22)7-20(8-15)13-11(21(23)24)12(18-14(19-13)25-2)17-10-5-3-9(16)4-6-10/h3-6,22H,7-8H2,1-2H3,(H,17,18,19). The summed E-state index contributed by atoms with van der Waals surface area (Å²) >= 11 is 7.16. The number of halogens is 1. The summed E-state index contributed by atoms with van der Waals surface area (Å²) < 4.78 is 0. The largest absolute Gasteiger partial charge is 0.386 e. The zero-order chi connectivity index (χ0) is 18.2. The molecule has 1 aliphatic rings. The van der Waals surface area contributed by atoms with Crippen LogP contribution in [0.15, 0.2) is 29.4 Å². The van der Waals surface area contributed by atoms with Gasteiger partial charge in [-0.25, -0.2) is 0 Å². The summed E-state index contributed by atoms with van der Waals surface area (Å²) in [5, 5.41) is 25.5. The molecule has 1 aromatic carbocycles. The summed E-state index contributed by atoms with van der Waals surface area (Å²) in [7, 11) is 0. The lowest BCUT2D eigenvalue weighted by Crippen LogP contribution is -2.60. The second kappa shape index (κ2) is 6.66. The summed E-state index contributed by atoms with van der Waals surface area (Å²) in [5.74, 6) is 0.306. The lowest BCUT2D eigenvalue weighted by molar-refractivity contribution is -0.383. The average molecular weight is 382 g/mol. The van der Waals surface area contributed by atoms with Crippen LogP contribution in [-0.4, -0.2) is 44.9 Å². The quantitative estimate of drug-likeness (QED) is 0.352. The number of aliphatic hydroxyl groups is 1. The van der Waals surface area contributed by atoms with E-state index in [2.05, 4.69) is 15.3 Å². The van der Waals surface area contributed by atoms with Crippen molar-refractivity contribution >= 4 is 46.4 Å². The van der Waals surface area contributed by atoms with E-state index in [1.807, 2.05) is 0 Å². The maximum Gasteiger partial charge on any atom is 0.353 e. The van der Waals surface area contributed by atoms with Crippen LogP contribution in [0, 0.1) is 10.1 Å². The van der Waals surface area contributed by atoms with Crippen molar-refractivity contribution in [2.75, 3.05) is 29.6 Å². The van der Waals surface area contributed by atoms with E-state index in [-0.39, 0.29) is 30.4 Å². The highest BCUT2D eigenvalue weighted by molar-refractivity contribution is 7.98. The molecule has 3 rings (SSSR count). The first-order valence-corrected chi connectivity index (χ1v) is 9.00. The van der Waals surface area contributed by atoms with Crippen LogP contribution in [0.2, 0.25) is 5.02 Å². The van der Waals surface area contributed by atoms with E-state index in [0.29, 0.717) is 15.9 Å². The zero-order valence-electron chi connectivity index (χ0n) is 13.6. The number of hydrogen-bond donors (Lipinski definition) is 2. The second-order valence-electron chi connectivity index (χ2n) is 5.97. The van der Waals surface area contributed by atoms with Gasteiger partial charge >= 0.3 is 5.69 Å². The van der Waals surface area contributed by atoms with E-state index in [0.717, 1.165) is 0 Å². The predicted octanol–water partition coefficient (Wildman–Crippen LogP) is 3.07. The Kier molecular flexibility index (Phi) is 4.72. The first-order chi connectivity index (χ1) is 11.8. The summed E-state index contributed by atoms with van der Waals surface area (Å²) in [4.78, 5) is 21.3. The molecular formula is C15H16ClN5O3S. The van der Waals surface area contributed by atoms with Crippen molar-refractivity contribution < 1.29 is 10.0 Å². The van der Waals surface area contributed by atoms with E-state index in [1.165, 1.54) is 11.8 Å². The summed E-state index contributed by atoms with van der Waals surface area (Å²) in [5.41, 5.74) is -0.467. The minimum Gasteiger partial charge on any atom is -0.386 e. The van der Waals surface area contributed by atoms with Crippen molar-refractivity contribution in [3.63, 3.8) is 0 Å². The summed E-state index contributed by atoms with van der Waals surface area (Å²) in [6.07, 6.45) is 1.79. The topological polar surface area (TPSA) is 104 Å². The average Bonchev–Trinajstić information content (AvgIpc) is 2.53. The Morgan fingerprint density at radius 2 is 2.00 bits per heavy atom. The maximum atomic E-state index is 11.7. The molecule has 25 heavy (non-hydrogen) atoms. The normalized spacial score (nSPS) is 15.6. The fraction of sp³-hybridized carbons (Fsp3) is 0.333. The van der Waals surface area contributed by atoms with Crippen LogP contribution >= 0.6 is 23.4 Å². The van der Waals surface area contributed by atoms with Crippen molar-refractivity contribution in [2.24, 2.45) is 0 Å². The number of benzene rings is 1. The molecule has 2 heterocycles. The zero-order valence-corrected chi connectivity index (χ0v) is 15.1. The second-order valence-corrected chi connectivity index (χ2v) is 7.18. The predicted molar refractivity (Wildman–Crippen MR) is 98.0 cm³/mol.